The summed E-state index contributed by atoms with van der Waals surface area (Å²) >= 11 is 0. The van der Waals surface area contributed by atoms with E-state index in [-0.39, 0.29) is 25.4 Å². The van der Waals surface area contributed by atoms with Gasteiger partial charge >= 0.3 is 5.97 Å². The number of carbonyl (C=O) groups excluding carboxylic acids is 1. The molecule has 0 atom stereocenters. The molecule has 0 aliphatic carbocycles. The summed E-state index contributed by atoms with van der Waals surface area (Å²) in [6.07, 6.45) is 0.711. The summed E-state index contributed by atoms with van der Waals surface area (Å²) in [4.78, 5) is 24.1. The lowest BCUT2D eigenvalue weighted by atomic mass is 10.1. The second-order valence-electron chi connectivity index (χ2n) is 4.50. The molecule has 1 rings (SSSR count). The Morgan fingerprint density at radius 1 is 1.40 bits per heavy atom. The summed E-state index contributed by atoms with van der Waals surface area (Å²) in [6.45, 7) is 3.87. The molecule has 0 saturated heterocycles. The first-order valence-corrected chi connectivity index (χ1v) is 6.36. The summed E-state index contributed by atoms with van der Waals surface area (Å²) < 4.78 is 9.91. The molecule has 0 saturated carbocycles. The molecule has 20 heavy (non-hydrogen) atoms. The zero-order valence-corrected chi connectivity index (χ0v) is 12.0. The maximum Gasteiger partial charge on any atom is 0.323 e. The molecule has 7 nitrogen and oxygen atoms in total. The Hall–Kier alpha value is -1.89. The number of carboxylic acid groups (broad SMARTS) is 1. The van der Waals surface area contributed by atoms with E-state index < -0.39 is 5.97 Å². The van der Waals surface area contributed by atoms with E-state index in [1.807, 2.05) is 6.92 Å². The van der Waals surface area contributed by atoms with Crippen LogP contribution in [0.25, 0.3) is 0 Å². The van der Waals surface area contributed by atoms with E-state index >= 15 is 0 Å². The molecule has 7 heteroatoms. The van der Waals surface area contributed by atoms with Crippen molar-refractivity contribution in [1.82, 2.24) is 10.1 Å². The molecule has 0 unspecified atom stereocenters. The largest absolute Gasteiger partial charge is 0.480 e. The van der Waals surface area contributed by atoms with Crippen molar-refractivity contribution in [2.24, 2.45) is 0 Å². The van der Waals surface area contributed by atoms with Gasteiger partial charge in [-0.1, -0.05) is 5.16 Å². The highest BCUT2D eigenvalue weighted by molar-refractivity contribution is 5.81. The van der Waals surface area contributed by atoms with Crippen molar-refractivity contribution in [3.8, 4) is 0 Å². The average molecular weight is 284 g/mol. The molecule has 0 bridgehead atoms. The van der Waals surface area contributed by atoms with E-state index in [1.165, 1.54) is 12.0 Å². The third kappa shape index (κ3) is 4.65. The highest BCUT2D eigenvalue weighted by Gasteiger charge is 2.18. The second kappa shape index (κ2) is 7.64. The quantitative estimate of drug-likeness (QED) is 0.758. The Bertz CT molecular complexity index is 450. The van der Waals surface area contributed by atoms with Crippen LogP contribution >= 0.6 is 0 Å². The molecule has 1 amide bonds. The minimum absolute atomic E-state index is 0.218. The van der Waals surface area contributed by atoms with Gasteiger partial charge in [0.2, 0.25) is 5.91 Å². The van der Waals surface area contributed by atoms with Crippen molar-refractivity contribution in [2.75, 3.05) is 26.8 Å². The van der Waals surface area contributed by atoms with Crippen molar-refractivity contribution in [2.45, 2.75) is 26.7 Å². The number of ether oxygens (including phenoxy) is 1. The Labute approximate surface area is 117 Å². The Morgan fingerprint density at radius 3 is 2.60 bits per heavy atom. The maximum absolute atomic E-state index is 12.1. The number of hydrogen-bond acceptors (Lipinski definition) is 5. The fraction of sp³-hybridized carbons (Fsp3) is 0.615. The molecular weight excluding hydrogens is 264 g/mol. The highest BCUT2D eigenvalue weighted by Crippen LogP contribution is 2.14. The van der Waals surface area contributed by atoms with Gasteiger partial charge in [-0.15, -0.1) is 0 Å². The number of nitrogens with zero attached hydrogens (tertiary/aromatic N) is 2. The zero-order valence-electron chi connectivity index (χ0n) is 12.0. The number of aromatic nitrogens is 1. The summed E-state index contributed by atoms with van der Waals surface area (Å²) in [6, 6.07) is 0. The Balaban J connectivity index is 2.59. The monoisotopic (exact) mass is 284 g/mol. The number of carbonyl (C=O) groups is 2. The van der Waals surface area contributed by atoms with E-state index in [0.717, 1.165) is 11.3 Å². The van der Waals surface area contributed by atoms with Gasteiger partial charge in [0.15, 0.2) is 0 Å². The third-order valence-electron chi connectivity index (χ3n) is 3.01. The predicted molar refractivity (Wildman–Crippen MR) is 70.4 cm³/mol. The molecule has 0 radical (unpaired) electrons. The first-order valence-electron chi connectivity index (χ1n) is 6.36. The minimum atomic E-state index is -1.04. The fourth-order valence-corrected chi connectivity index (χ4v) is 1.91. The van der Waals surface area contributed by atoms with E-state index in [1.54, 1.807) is 6.92 Å². The van der Waals surface area contributed by atoms with Gasteiger partial charge in [0.25, 0.3) is 0 Å². The van der Waals surface area contributed by atoms with Crippen LogP contribution < -0.4 is 0 Å². The summed E-state index contributed by atoms with van der Waals surface area (Å²) in [7, 11) is 1.51. The molecule has 0 aliphatic heterocycles. The number of amides is 1. The van der Waals surface area contributed by atoms with Crippen LogP contribution in [0.15, 0.2) is 4.52 Å². The number of aryl methyl sites for hydroxylation is 2. The van der Waals surface area contributed by atoms with Gasteiger partial charge in [0.05, 0.1) is 12.3 Å². The molecule has 112 valence electrons. The highest BCUT2D eigenvalue weighted by atomic mass is 16.5. The van der Waals surface area contributed by atoms with Gasteiger partial charge in [-0.25, -0.2) is 0 Å². The van der Waals surface area contributed by atoms with Gasteiger partial charge in [-0.05, 0) is 20.3 Å². The number of carboxylic acids is 1. The molecule has 1 heterocycles. The molecule has 1 aromatic heterocycles. The lowest BCUT2D eigenvalue weighted by molar-refractivity contribution is -0.144. The van der Waals surface area contributed by atoms with Gasteiger partial charge in [0.1, 0.15) is 12.3 Å². The first kappa shape index (κ1) is 16.2. The second-order valence-corrected chi connectivity index (χ2v) is 4.50. The van der Waals surface area contributed by atoms with Crippen LogP contribution in [0.2, 0.25) is 0 Å². The van der Waals surface area contributed by atoms with Crippen LogP contribution in [0.4, 0.5) is 0 Å². The van der Waals surface area contributed by atoms with Gasteiger partial charge in [-0.2, -0.15) is 0 Å². The lowest BCUT2D eigenvalue weighted by Gasteiger charge is -2.20. The molecule has 1 N–H and O–H groups in total. The van der Waals surface area contributed by atoms with Crippen LogP contribution in [-0.2, 0) is 20.7 Å². The maximum atomic E-state index is 12.1. The minimum Gasteiger partial charge on any atom is -0.480 e. The smallest absolute Gasteiger partial charge is 0.323 e. The number of methoxy groups -OCH3 is 1. The number of aliphatic carboxylic acids is 1. The van der Waals surface area contributed by atoms with Gasteiger partial charge < -0.3 is 19.3 Å². The van der Waals surface area contributed by atoms with Crippen LogP contribution in [0.5, 0.6) is 0 Å². The molecule has 0 aliphatic rings. The first-order chi connectivity index (χ1) is 9.45. The predicted octanol–water partition coefficient (Wildman–Crippen LogP) is 0.784. The SMILES string of the molecule is COCCN(CC(=O)O)C(=O)CCc1c(C)noc1C. The lowest BCUT2D eigenvalue weighted by Crippen LogP contribution is -2.38. The van der Waals surface area contributed by atoms with Crippen LogP contribution in [-0.4, -0.2) is 53.8 Å². The van der Waals surface area contributed by atoms with E-state index in [9.17, 15) is 9.59 Å². The van der Waals surface area contributed by atoms with E-state index in [0.29, 0.717) is 18.8 Å². The Kier molecular flexibility index (Phi) is 6.17. The summed E-state index contributed by atoms with van der Waals surface area (Å²) in [5, 5.41) is 12.6. The van der Waals surface area contributed by atoms with E-state index in [2.05, 4.69) is 5.16 Å². The van der Waals surface area contributed by atoms with Gasteiger partial charge in [0, 0.05) is 25.6 Å². The number of hydrogen-bond donors (Lipinski definition) is 1. The van der Waals surface area contributed by atoms with E-state index in [4.69, 9.17) is 14.4 Å². The van der Waals surface area contributed by atoms with Crippen molar-refractivity contribution in [1.29, 1.82) is 0 Å². The topological polar surface area (TPSA) is 92.9 Å². The Morgan fingerprint density at radius 2 is 2.10 bits per heavy atom. The average Bonchev–Trinajstić information content (AvgIpc) is 2.71. The van der Waals surface area contributed by atoms with Crippen molar-refractivity contribution >= 4 is 11.9 Å². The normalized spacial score (nSPS) is 10.6. The fourth-order valence-electron chi connectivity index (χ4n) is 1.91. The van der Waals surface area contributed by atoms with Crippen LogP contribution in [0.3, 0.4) is 0 Å². The number of rotatable bonds is 8. The molecule has 0 fully saturated rings. The van der Waals surface area contributed by atoms with Crippen molar-refractivity contribution in [3.63, 3.8) is 0 Å². The molecule has 1 aromatic rings. The van der Waals surface area contributed by atoms with Crippen molar-refractivity contribution < 1.29 is 24.0 Å². The standard InChI is InChI=1S/C13H20N2O5/c1-9-11(10(2)20-14-9)4-5-12(16)15(6-7-19-3)8-13(17)18/h4-8H2,1-3H3,(H,17,18). The summed E-state index contributed by atoms with van der Waals surface area (Å²) in [5.74, 6) is -0.562. The summed E-state index contributed by atoms with van der Waals surface area (Å²) in [5.41, 5.74) is 1.66. The molecular formula is C13H20N2O5. The van der Waals surface area contributed by atoms with Gasteiger partial charge in [-0.3, -0.25) is 9.59 Å². The third-order valence-corrected chi connectivity index (χ3v) is 3.01. The zero-order chi connectivity index (χ0) is 15.1. The van der Waals surface area contributed by atoms with Crippen LogP contribution in [0, 0.1) is 13.8 Å². The van der Waals surface area contributed by atoms with Crippen molar-refractivity contribution in [3.05, 3.63) is 17.0 Å². The van der Waals surface area contributed by atoms with Crippen LogP contribution in [0.1, 0.15) is 23.4 Å². The molecule has 0 spiro atoms. The molecule has 0 aromatic carbocycles.